The lowest BCUT2D eigenvalue weighted by atomic mass is 9.92. The Morgan fingerprint density at radius 2 is 2.00 bits per heavy atom. The predicted octanol–water partition coefficient (Wildman–Crippen LogP) is 3.65. The Morgan fingerprint density at radius 3 is 2.81 bits per heavy atom. The lowest BCUT2D eigenvalue weighted by Gasteiger charge is -2.37. The average molecular weight is 349 g/mol. The highest BCUT2D eigenvalue weighted by Crippen LogP contribution is 2.31. The summed E-state index contributed by atoms with van der Waals surface area (Å²) in [5.74, 6) is -0.214. The van der Waals surface area contributed by atoms with Gasteiger partial charge in [-0.3, -0.25) is 4.90 Å². The zero-order valence-corrected chi connectivity index (χ0v) is 13.3. The highest BCUT2D eigenvalue weighted by molar-refractivity contribution is 9.10. The van der Waals surface area contributed by atoms with Crippen LogP contribution in [0.3, 0.4) is 0 Å². The summed E-state index contributed by atoms with van der Waals surface area (Å²) in [7, 11) is 0. The molecule has 3 rings (SSSR count). The van der Waals surface area contributed by atoms with E-state index in [1.807, 2.05) is 6.07 Å². The third-order valence-electron chi connectivity index (χ3n) is 4.15. The van der Waals surface area contributed by atoms with Crippen molar-refractivity contribution in [1.29, 1.82) is 0 Å². The molecular formula is C17H18BrFN2. The normalized spacial score (nSPS) is 18.5. The molecule has 1 atom stereocenters. The highest BCUT2D eigenvalue weighted by atomic mass is 79.9. The second kappa shape index (κ2) is 6.26. The van der Waals surface area contributed by atoms with Crippen molar-refractivity contribution in [3.05, 3.63) is 69.4 Å². The molecule has 21 heavy (non-hydrogen) atoms. The van der Waals surface area contributed by atoms with Crippen LogP contribution in [0.25, 0.3) is 0 Å². The minimum absolute atomic E-state index is 0.199. The quantitative estimate of drug-likeness (QED) is 0.917. The fraction of sp³-hybridized carbons (Fsp3) is 0.294. The van der Waals surface area contributed by atoms with Gasteiger partial charge in [-0.2, -0.15) is 0 Å². The van der Waals surface area contributed by atoms with Crippen molar-refractivity contribution in [2.45, 2.75) is 19.0 Å². The van der Waals surface area contributed by atoms with Gasteiger partial charge in [-0.05, 0) is 45.1 Å². The summed E-state index contributed by atoms with van der Waals surface area (Å²) in [5.41, 5.74) is 9.65. The number of benzene rings is 2. The third kappa shape index (κ3) is 2.89. The van der Waals surface area contributed by atoms with Crippen molar-refractivity contribution in [1.82, 2.24) is 4.90 Å². The maximum atomic E-state index is 13.7. The Morgan fingerprint density at radius 1 is 1.19 bits per heavy atom. The fourth-order valence-electron chi connectivity index (χ4n) is 3.06. The largest absolute Gasteiger partial charge is 0.329 e. The van der Waals surface area contributed by atoms with Gasteiger partial charge in [-0.25, -0.2) is 4.39 Å². The molecule has 0 saturated carbocycles. The topological polar surface area (TPSA) is 29.3 Å². The molecule has 0 aromatic heterocycles. The summed E-state index contributed by atoms with van der Waals surface area (Å²) in [6.07, 6.45) is 1.01. The van der Waals surface area contributed by atoms with Crippen LogP contribution in [-0.4, -0.2) is 18.0 Å². The van der Waals surface area contributed by atoms with E-state index < -0.39 is 0 Å². The van der Waals surface area contributed by atoms with Gasteiger partial charge in [0.2, 0.25) is 0 Å². The lowest BCUT2D eigenvalue weighted by Crippen LogP contribution is -2.38. The van der Waals surface area contributed by atoms with E-state index in [4.69, 9.17) is 5.73 Å². The van der Waals surface area contributed by atoms with Crippen LogP contribution in [0.1, 0.15) is 22.7 Å². The Bertz CT molecular complexity index is 644. The molecule has 0 aliphatic carbocycles. The molecule has 110 valence electrons. The van der Waals surface area contributed by atoms with Crippen molar-refractivity contribution < 1.29 is 4.39 Å². The molecule has 1 heterocycles. The van der Waals surface area contributed by atoms with Crippen LogP contribution in [-0.2, 0) is 13.0 Å². The summed E-state index contributed by atoms with van der Waals surface area (Å²) < 4.78 is 14.2. The molecular weight excluding hydrogens is 331 g/mol. The Hall–Kier alpha value is -1.23. The standard InChI is InChI=1S/C17H18BrFN2/c18-17-13(5-3-7-15(17)19)11-21-9-8-12-4-1-2-6-14(12)16(21)10-20/h1-7,16H,8-11,20H2. The first-order valence-electron chi connectivity index (χ1n) is 7.15. The van der Waals surface area contributed by atoms with Gasteiger partial charge in [0, 0.05) is 25.7 Å². The third-order valence-corrected chi connectivity index (χ3v) is 5.04. The van der Waals surface area contributed by atoms with E-state index in [2.05, 4.69) is 45.1 Å². The molecule has 0 amide bonds. The van der Waals surface area contributed by atoms with Crippen molar-refractivity contribution in [3.63, 3.8) is 0 Å². The zero-order chi connectivity index (χ0) is 14.8. The molecule has 1 unspecified atom stereocenters. The zero-order valence-electron chi connectivity index (χ0n) is 11.7. The van der Waals surface area contributed by atoms with Gasteiger partial charge in [0.25, 0.3) is 0 Å². The number of nitrogens with zero attached hydrogens (tertiary/aromatic N) is 1. The van der Waals surface area contributed by atoms with E-state index in [9.17, 15) is 4.39 Å². The second-order valence-corrected chi connectivity index (χ2v) is 6.18. The Kier molecular flexibility index (Phi) is 4.38. The maximum absolute atomic E-state index is 13.7. The first-order chi connectivity index (χ1) is 10.2. The van der Waals surface area contributed by atoms with Gasteiger partial charge in [-0.1, -0.05) is 36.4 Å². The second-order valence-electron chi connectivity index (χ2n) is 5.38. The number of rotatable bonds is 3. The van der Waals surface area contributed by atoms with Gasteiger partial charge in [0.05, 0.1) is 4.47 Å². The fourth-order valence-corrected chi connectivity index (χ4v) is 3.45. The van der Waals surface area contributed by atoms with E-state index in [0.717, 1.165) is 18.5 Å². The number of nitrogens with two attached hydrogens (primary N) is 1. The molecule has 0 radical (unpaired) electrons. The van der Waals surface area contributed by atoms with Crippen LogP contribution < -0.4 is 5.73 Å². The molecule has 0 bridgehead atoms. The minimum Gasteiger partial charge on any atom is -0.329 e. The highest BCUT2D eigenvalue weighted by Gasteiger charge is 2.26. The molecule has 0 fully saturated rings. The van der Waals surface area contributed by atoms with Gasteiger partial charge in [0.1, 0.15) is 5.82 Å². The maximum Gasteiger partial charge on any atom is 0.137 e. The lowest BCUT2D eigenvalue weighted by molar-refractivity contribution is 0.180. The van der Waals surface area contributed by atoms with Crippen LogP contribution in [0.5, 0.6) is 0 Å². The van der Waals surface area contributed by atoms with Crippen molar-refractivity contribution in [2.24, 2.45) is 5.73 Å². The van der Waals surface area contributed by atoms with E-state index >= 15 is 0 Å². The SMILES string of the molecule is NCC1c2ccccc2CCN1Cc1cccc(F)c1Br. The molecule has 2 N–H and O–H groups in total. The van der Waals surface area contributed by atoms with Crippen LogP contribution in [0, 0.1) is 5.82 Å². The number of halogens is 2. The summed E-state index contributed by atoms with van der Waals surface area (Å²) >= 11 is 3.35. The number of fused-ring (bicyclic) bond motifs is 1. The monoisotopic (exact) mass is 348 g/mol. The first kappa shape index (κ1) is 14.7. The van der Waals surface area contributed by atoms with Crippen LogP contribution in [0.2, 0.25) is 0 Å². The molecule has 2 aromatic carbocycles. The van der Waals surface area contributed by atoms with Gasteiger partial charge in [-0.15, -0.1) is 0 Å². The summed E-state index contributed by atoms with van der Waals surface area (Å²) in [5, 5.41) is 0. The van der Waals surface area contributed by atoms with E-state index in [-0.39, 0.29) is 11.9 Å². The van der Waals surface area contributed by atoms with Gasteiger partial charge in [0.15, 0.2) is 0 Å². The van der Waals surface area contributed by atoms with Crippen molar-refractivity contribution in [3.8, 4) is 0 Å². The van der Waals surface area contributed by atoms with E-state index in [0.29, 0.717) is 17.6 Å². The molecule has 1 aliphatic rings. The van der Waals surface area contributed by atoms with Crippen molar-refractivity contribution >= 4 is 15.9 Å². The van der Waals surface area contributed by atoms with E-state index in [1.165, 1.54) is 17.2 Å². The number of hydrogen-bond donors (Lipinski definition) is 1. The average Bonchev–Trinajstić information content (AvgIpc) is 2.51. The molecule has 4 heteroatoms. The summed E-state index contributed by atoms with van der Waals surface area (Å²) in [4.78, 5) is 2.34. The summed E-state index contributed by atoms with van der Waals surface area (Å²) in [6.45, 7) is 2.22. The Labute approximate surface area is 132 Å². The van der Waals surface area contributed by atoms with Gasteiger partial charge < -0.3 is 5.73 Å². The first-order valence-corrected chi connectivity index (χ1v) is 7.95. The molecule has 1 aliphatic heterocycles. The molecule has 0 saturated heterocycles. The van der Waals surface area contributed by atoms with Crippen molar-refractivity contribution in [2.75, 3.05) is 13.1 Å². The molecule has 0 spiro atoms. The molecule has 2 nitrogen and oxygen atoms in total. The van der Waals surface area contributed by atoms with E-state index in [1.54, 1.807) is 6.07 Å². The predicted molar refractivity (Wildman–Crippen MR) is 86.5 cm³/mol. The number of hydrogen-bond acceptors (Lipinski definition) is 2. The van der Waals surface area contributed by atoms with Gasteiger partial charge >= 0.3 is 0 Å². The van der Waals surface area contributed by atoms with Crippen LogP contribution in [0.4, 0.5) is 4.39 Å². The van der Waals surface area contributed by atoms with Crippen LogP contribution >= 0.6 is 15.9 Å². The summed E-state index contributed by atoms with van der Waals surface area (Å²) in [6, 6.07) is 13.8. The Balaban J connectivity index is 1.88. The van der Waals surface area contributed by atoms with Crippen LogP contribution in [0.15, 0.2) is 46.9 Å². The smallest absolute Gasteiger partial charge is 0.137 e. The minimum atomic E-state index is -0.214. The molecule has 2 aromatic rings.